The van der Waals surface area contributed by atoms with E-state index in [1.54, 1.807) is 0 Å². The van der Waals surface area contributed by atoms with Crippen LogP contribution < -0.4 is 5.73 Å². The van der Waals surface area contributed by atoms with E-state index in [2.05, 4.69) is 29.2 Å². The number of rotatable bonds is 6. The van der Waals surface area contributed by atoms with Crippen LogP contribution in [0.3, 0.4) is 0 Å². The van der Waals surface area contributed by atoms with Gasteiger partial charge in [0.25, 0.3) is 0 Å². The lowest BCUT2D eigenvalue weighted by Gasteiger charge is -2.28. The van der Waals surface area contributed by atoms with Gasteiger partial charge in [-0.3, -0.25) is 9.69 Å². The zero-order valence-electron chi connectivity index (χ0n) is 13.6. The second-order valence-electron chi connectivity index (χ2n) is 5.68. The van der Waals surface area contributed by atoms with Gasteiger partial charge in [0.1, 0.15) is 0 Å². The summed E-state index contributed by atoms with van der Waals surface area (Å²) in [5, 5.41) is 14.8. The summed E-state index contributed by atoms with van der Waals surface area (Å²) in [6.45, 7) is 3.37. The molecular weight excluding hydrogens is 312 g/mol. The standard InChI is InChI=1S/C15H22N2O.C2H2O4/c16-15(18)8-2-1-5-10-17-11-9-13-6-3-4-7-14(13)12-17;3-1(4)2(5)6/h3-4,6-7H,1-2,5,8-12H2,(H2,16,18);(H,3,4)(H,5,6). The number of primary amides is 1. The molecule has 0 saturated heterocycles. The fourth-order valence-electron chi connectivity index (χ4n) is 2.56. The number of carbonyl (C=O) groups excluding carboxylic acids is 1. The Kier molecular flexibility index (Phi) is 8.49. The topological polar surface area (TPSA) is 121 Å². The summed E-state index contributed by atoms with van der Waals surface area (Å²) in [6.07, 6.45) is 4.89. The van der Waals surface area contributed by atoms with Crippen LogP contribution >= 0.6 is 0 Å². The number of hydrogen-bond donors (Lipinski definition) is 3. The van der Waals surface area contributed by atoms with Gasteiger partial charge >= 0.3 is 11.9 Å². The molecule has 0 aromatic heterocycles. The third-order valence-corrected chi connectivity index (χ3v) is 3.79. The van der Waals surface area contributed by atoms with Crippen LogP contribution in [0.5, 0.6) is 0 Å². The first kappa shape index (κ1) is 19.6. The van der Waals surface area contributed by atoms with Crippen molar-refractivity contribution >= 4 is 17.8 Å². The Bertz CT molecular complexity index is 562. The smallest absolute Gasteiger partial charge is 0.414 e. The fraction of sp³-hybridized carbons (Fsp3) is 0.471. The molecule has 1 amide bonds. The molecule has 0 bridgehead atoms. The number of nitrogens with zero attached hydrogens (tertiary/aromatic N) is 1. The van der Waals surface area contributed by atoms with E-state index in [1.165, 1.54) is 11.1 Å². The zero-order chi connectivity index (χ0) is 17.9. The molecule has 0 aliphatic carbocycles. The molecule has 0 radical (unpaired) electrons. The highest BCUT2D eigenvalue weighted by Gasteiger charge is 2.14. The molecule has 1 aliphatic heterocycles. The van der Waals surface area contributed by atoms with Gasteiger partial charge in [0.15, 0.2) is 0 Å². The van der Waals surface area contributed by atoms with Crippen molar-refractivity contribution in [1.29, 1.82) is 0 Å². The molecule has 2 rings (SSSR count). The van der Waals surface area contributed by atoms with E-state index in [4.69, 9.17) is 25.5 Å². The molecule has 7 heteroatoms. The van der Waals surface area contributed by atoms with Crippen molar-refractivity contribution in [2.45, 2.75) is 38.6 Å². The highest BCUT2D eigenvalue weighted by Crippen LogP contribution is 2.18. The lowest BCUT2D eigenvalue weighted by molar-refractivity contribution is -0.159. The van der Waals surface area contributed by atoms with E-state index in [-0.39, 0.29) is 5.91 Å². The number of carbonyl (C=O) groups is 3. The van der Waals surface area contributed by atoms with Gasteiger partial charge in [-0.1, -0.05) is 30.7 Å². The second-order valence-corrected chi connectivity index (χ2v) is 5.68. The van der Waals surface area contributed by atoms with Gasteiger partial charge in [-0.05, 0) is 36.9 Å². The monoisotopic (exact) mass is 336 g/mol. The van der Waals surface area contributed by atoms with Gasteiger partial charge in [0, 0.05) is 19.5 Å². The molecule has 24 heavy (non-hydrogen) atoms. The highest BCUT2D eigenvalue weighted by atomic mass is 16.4. The molecule has 7 nitrogen and oxygen atoms in total. The van der Waals surface area contributed by atoms with E-state index in [0.29, 0.717) is 6.42 Å². The largest absolute Gasteiger partial charge is 0.473 e. The van der Waals surface area contributed by atoms with E-state index >= 15 is 0 Å². The first-order chi connectivity index (χ1) is 11.4. The lowest BCUT2D eigenvalue weighted by Crippen LogP contribution is -2.31. The summed E-state index contributed by atoms with van der Waals surface area (Å²) in [7, 11) is 0. The molecular formula is C17H24N2O5. The Morgan fingerprint density at radius 3 is 2.21 bits per heavy atom. The zero-order valence-corrected chi connectivity index (χ0v) is 13.6. The van der Waals surface area contributed by atoms with Crippen LogP contribution in [-0.4, -0.2) is 46.0 Å². The van der Waals surface area contributed by atoms with Crippen molar-refractivity contribution in [1.82, 2.24) is 4.90 Å². The Morgan fingerprint density at radius 2 is 1.62 bits per heavy atom. The molecule has 1 aromatic carbocycles. The number of carboxylic acid groups (broad SMARTS) is 2. The van der Waals surface area contributed by atoms with Gasteiger partial charge in [-0.2, -0.15) is 0 Å². The van der Waals surface area contributed by atoms with E-state index in [1.807, 2.05) is 0 Å². The van der Waals surface area contributed by atoms with Crippen molar-refractivity contribution < 1.29 is 24.6 Å². The Morgan fingerprint density at radius 1 is 1.00 bits per heavy atom. The Labute approximate surface area is 141 Å². The van der Waals surface area contributed by atoms with Crippen LogP contribution in [0.2, 0.25) is 0 Å². The minimum Gasteiger partial charge on any atom is -0.473 e. The summed E-state index contributed by atoms with van der Waals surface area (Å²) in [5.41, 5.74) is 8.10. The van der Waals surface area contributed by atoms with Gasteiger partial charge < -0.3 is 15.9 Å². The van der Waals surface area contributed by atoms with Crippen LogP contribution in [0.4, 0.5) is 0 Å². The van der Waals surface area contributed by atoms with Crippen LogP contribution in [0.15, 0.2) is 24.3 Å². The van der Waals surface area contributed by atoms with Crippen LogP contribution in [0.25, 0.3) is 0 Å². The predicted octanol–water partition coefficient (Wildman–Crippen LogP) is 1.25. The lowest BCUT2D eigenvalue weighted by atomic mass is 10.00. The molecule has 0 unspecified atom stereocenters. The van der Waals surface area contributed by atoms with Crippen molar-refractivity contribution in [3.05, 3.63) is 35.4 Å². The molecule has 1 aliphatic rings. The first-order valence-electron chi connectivity index (χ1n) is 7.93. The molecule has 0 fully saturated rings. The number of nitrogens with two attached hydrogens (primary N) is 1. The number of benzene rings is 1. The maximum atomic E-state index is 10.6. The second kappa shape index (κ2) is 10.4. The van der Waals surface area contributed by atoms with E-state index in [0.717, 1.165) is 45.3 Å². The summed E-state index contributed by atoms with van der Waals surface area (Å²) in [4.78, 5) is 31.3. The average molecular weight is 336 g/mol. The summed E-state index contributed by atoms with van der Waals surface area (Å²) >= 11 is 0. The fourth-order valence-corrected chi connectivity index (χ4v) is 2.56. The number of aliphatic carboxylic acids is 2. The summed E-state index contributed by atoms with van der Waals surface area (Å²) in [6, 6.07) is 8.71. The van der Waals surface area contributed by atoms with Crippen molar-refractivity contribution in [3.8, 4) is 0 Å². The van der Waals surface area contributed by atoms with Crippen molar-refractivity contribution in [3.63, 3.8) is 0 Å². The first-order valence-corrected chi connectivity index (χ1v) is 7.93. The quantitative estimate of drug-likeness (QED) is 0.531. The third kappa shape index (κ3) is 7.73. The predicted molar refractivity (Wildman–Crippen MR) is 88.4 cm³/mol. The molecule has 1 heterocycles. The normalized spacial score (nSPS) is 13.3. The molecule has 4 N–H and O–H groups in total. The maximum Gasteiger partial charge on any atom is 0.414 e. The number of carboxylic acids is 2. The Balaban J connectivity index is 0.000000413. The molecule has 132 valence electrons. The van der Waals surface area contributed by atoms with Gasteiger partial charge in [-0.25, -0.2) is 9.59 Å². The number of amides is 1. The van der Waals surface area contributed by atoms with Crippen LogP contribution in [0.1, 0.15) is 36.8 Å². The minimum atomic E-state index is -1.82. The van der Waals surface area contributed by atoms with E-state index in [9.17, 15) is 4.79 Å². The van der Waals surface area contributed by atoms with Gasteiger partial charge in [0.2, 0.25) is 5.91 Å². The van der Waals surface area contributed by atoms with Crippen molar-refractivity contribution in [2.24, 2.45) is 5.73 Å². The molecule has 1 aromatic rings. The van der Waals surface area contributed by atoms with Gasteiger partial charge in [0.05, 0.1) is 0 Å². The minimum absolute atomic E-state index is 0.179. The molecule has 0 atom stereocenters. The van der Waals surface area contributed by atoms with Gasteiger partial charge in [-0.15, -0.1) is 0 Å². The number of unbranched alkanes of at least 4 members (excludes halogenated alkanes) is 2. The molecule has 0 saturated carbocycles. The molecule has 0 spiro atoms. The van der Waals surface area contributed by atoms with Crippen molar-refractivity contribution in [2.75, 3.05) is 13.1 Å². The number of hydrogen-bond acceptors (Lipinski definition) is 4. The Hall–Kier alpha value is -2.41. The SMILES string of the molecule is NC(=O)CCCCCN1CCc2ccccc2C1.O=C(O)C(=O)O. The summed E-state index contributed by atoms with van der Waals surface area (Å²) < 4.78 is 0. The highest BCUT2D eigenvalue weighted by molar-refractivity contribution is 6.27. The van der Waals surface area contributed by atoms with Crippen LogP contribution in [0, 0.1) is 0 Å². The van der Waals surface area contributed by atoms with Crippen LogP contribution in [-0.2, 0) is 27.3 Å². The number of fused-ring (bicyclic) bond motifs is 1. The third-order valence-electron chi connectivity index (χ3n) is 3.79. The average Bonchev–Trinajstić information content (AvgIpc) is 2.54. The van der Waals surface area contributed by atoms with E-state index < -0.39 is 11.9 Å². The summed E-state index contributed by atoms with van der Waals surface area (Å²) in [5.74, 6) is -3.83. The maximum absolute atomic E-state index is 10.6.